The lowest BCUT2D eigenvalue weighted by Gasteiger charge is -2.32. The van der Waals surface area contributed by atoms with Crippen molar-refractivity contribution in [1.29, 1.82) is 0 Å². The van der Waals surface area contributed by atoms with Crippen LogP contribution in [0.3, 0.4) is 0 Å². The Morgan fingerprint density at radius 3 is 2.75 bits per heavy atom. The van der Waals surface area contributed by atoms with E-state index in [1.165, 1.54) is 12.1 Å². The Balaban J connectivity index is 1.09. The number of likely N-dealkylation sites (tertiary alicyclic amines) is 1. The quantitative estimate of drug-likeness (QED) is 0.264. The molecule has 0 saturated carbocycles. The van der Waals surface area contributed by atoms with Crippen LogP contribution in [-0.2, 0) is 6.54 Å². The van der Waals surface area contributed by atoms with E-state index in [4.69, 9.17) is 9.15 Å². The van der Waals surface area contributed by atoms with Gasteiger partial charge in [-0.1, -0.05) is 24.3 Å². The van der Waals surface area contributed by atoms with Gasteiger partial charge in [0.1, 0.15) is 17.1 Å². The first-order valence-electron chi connectivity index (χ1n) is 12.5. The molecule has 4 aromatic rings. The average Bonchev–Trinajstić information content (AvgIpc) is 2.90. The zero-order valence-electron chi connectivity index (χ0n) is 20.2. The standard InChI is InChI=1S/C29H30FN3O3/c30-24-6-1-4-21(16-24)19-32-25-9-13-33(14-10-25)12-3-15-35-27-18-29(34)36-28-17-22(7-8-26(27)28)23-5-2-11-31-20-23/h1-2,4-8,11,16-18,20,25,32H,3,9-10,12-15,19H2. The molecule has 0 atom stereocenters. The number of nitrogens with zero attached hydrogens (tertiary/aromatic N) is 2. The van der Waals surface area contributed by atoms with Crippen molar-refractivity contribution >= 4 is 11.0 Å². The summed E-state index contributed by atoms with van der Waals surface area (Å²) in [5.74, 6) is 0.365. The predicted molar refractivity (Wildman–Crippen MR) is 139 cm³/mol. The number of benzene rings is 2. The third-order valence-electron chi connectivity index (χ3n) is 6.65. The fourth-order valence-corrected chi connectivity index (χ4v) is 4.71. The Labute approximate surface area is 209 Å². The molecule has 0 aliphatic carbocycles. The minimum Gasteiger partial charge on any atom is -0.492 e. The highest BCUT2D eigenvalue weighted by atomic mass is 19.1. The maximum atomic E-state index is 13.3. The molecule has 0 radical (unpaired) electrons. The number of rotatable bonds is 9. The highest BCUT2D eigenvalue weighted by molar-refractivity contribution is 5.87. The Morgan fingerprint density at radius 2 is 1.94 bits per heavy atom. The molecule has 36 heavy (non-hydrogen) atoms. The summed E-state index contributed by atoms with van der Waals surface area (Å²) in [5, 5.41) is 4.34. The number of hydrogen-bond acceptors (Lipinski definition) is 6. The highest BCUT2D eigenvalue weighted by Crippen LogP contribution is 2.28. The summed E-state index contributed by atoms with van der Waals surface area (Å²) in [5.41, 5.74) is 2.96. The topological polar surface area (TPSA) is 67.6 Å². The van der Waals surface area contributed by atoms with Gasteiger partial charge in [-0.25, -0.2) is 9.18 Å². The molecule has 0 bridgehead atoms. The first kappa shape index (κ1) is 24.2. The van der Waals surface area contributed by atoms with Gasteiger partial charge < -0.3 is 19.4 Å². The minimum absolute atomic E-state index is 0.190. The lowest BCUT2D eigenvalue weighted by atomic mass is 10.0. The summed E-state index contributed by atoms with van der Waals surface area (Å²) < 4.78 is 24.8. The molecule has 0 amide bonds. The minimum atomic E-state index is -0.423. The second kappa shape index (κ2) is 11.5. The molecule has 6 nitrogen and oxygen atoms in total. The smallest absolute Gasteiger partial charge is 0.339 e. The van der Waals surface area contributed by atoms with E-state index in [2.05, 4.69) is 15.2 Å². The van der Waals surface area contributed by atoms with Gasteiger partial charge in [0.2, 0.25) is 0 Å². The third kappa shape index (κ3) is 6.17. The normalized spacial score (nSPS) is 14.8. The molecular weight excluding hydrogens is 457 g/mol. The lowest BCUT2D eigenvalue weighted by Crippen LogP contribution is -2.42. The van der Waals surface area contributed by atoms with Crippen molar-refractivity contribution in [3.05, 3.63) is 94.9 Å². The molecule has 1 N–H and O–H groups in total. The number of nitrogens with one attached hydrogen (secondary N) is 1. The second-order valence-corrected chi connectivity index (χ2v) is 9.21. The van der Waals surface area contributed by atoms with E-state index in [1.807, 2.05) is 36.4 Å². The number of aromatic nitrogens is 1. The van der Waals surface area contributed by atoms with Gasteiger partial charge in [0.05, 0.1) is 18.1 Å². The predicted octanol–water partition coefficient (Wildman–Crippen LogP) is 5.02. The van der Waals surface area contributed by atoms with Gasteiger partial charge in [-0.2, -0.15) is 0 Å². The SMILES string of the molecule is O=c1cc(OCCCN2CCC(NCc3cccc(F)c3)CC2)c2ccc(-c3cccnc3)cc2o1. The van der Waals surface area contributed by atoms with Crippen LogP contribution in [0.2, 0.25) is 0 Å². The molecular formula is C29H30FN3O3. The van der Waals surface area contributed by atoms with Gasteiger partial charge in [-0.05, 0) is 73.8 Å². The van der Waals surface area contributed by atoms with Crippen LogP contribution in [-0.4, -0.2) is 42.2 Å². The van der Waals surface area contributed by atoms with Gasteiger partial charge in [0.25, 0.3) is 0 Å². The fourth-order valence-electron chi connectivity index (χ4n) is 4.71. The van der Waals surface area contributed by atoms with Crippen LogP contribution in [0.4, 0.5) is 4.39 Å². The Morgan fingerprint density at radius 1 is 1.06 bits per heavy atom. The van der Waals surface area contributed by atoms with Crippen LogP contribution in [0, 0.1) is 5.82 Å². The van der Waals surface area contributed by atoms with Gasteiger partial charge >= 0.3 is 5.63 Å². The van der Waals surface area contributed by atoms with E-state index in [1.54, 1.807) is 24.5 Å². The van der Waals surface area contributed by atoms with Gasteiger partial charge in [0, 0.05) is 37.1 Å². The molecule has 1 fully saturated rings. The summed E-state index contributed by atoms with van der Waals surface area (Å²) >= 11 is 0. The molecule has 2 aromatic heterocycles. The average molecular weight is 488 g/mol. The lowest BCUT2D eigenvalue weighted by molar-refractivity contribution is 0.182. The van der Waals surface area contributed by atoms with E-state index in [0.717, 1.165) is 61.0 Å². The Kier molecular flexibility index (Phi) is 7.69. The summed E-state index contributed by atoms with van der Waals surface area (Å²) in [6.45, 7) is 4.21. The van der Waals surface area contributed by atoms with Crippen molar-refractivity contribution in [3.63, 3.8) is 0 Å². The highest BCUT2D eigenvalue weighted by Gasteiger charge is 2.18. The summed E-state index contributed by atoms with van der Waals surface area (Å²) in [6, 6.07) is 18.2. The van der Waals surface area contributed by atoms with Gasteiger partial charge in [-0.3, -0.25) is 4.98 Å². The molecule has 0 spiro atoms. The monoisotopic (exact) mass is 487 g/mol. The molecule has 186 valence electrons. The first-order chi connectivity index (χ1) is 17.6. The molecule has 3 heterocycles. The molecule has 0 unspecified atom stereocenters. The Hall–Kier alpha value is -3.55. The maximum Gasteiger partial charge on any atom is 0.339 e. The van der Waals surface area contributed by atoms with E-state index >= 15 is 0 Å². The molecule has 7 heteroatoms. The van der Waals surface area contributed by atoms with Crippen LogP contribution >= 0.6 is 0 Å². The van der Waals surface area contributed by atoms with Gasteiger partial charge in [-0.15, -0.1) is 0 Å². The molecule has 1 aliphatic rings. The molecule has 2 aromatic carbocycles. The van der Waals surface area contributed by atoms with E-state index in [0.29, 0.717) is 30.5 Å². The van der Waals surface area contributed by atoms with Crippen molar-refractivity contribution < 1.29 is 13.5 Å². The second-order valence-electron chi connectivity index (χ2n) is 9.21. The zero-order valence-corrected chi connectivity index (χ0v) is 20.2. The van der Waals surface area contributed by atoms with Crippen molar-refractivity contribution in [2.24, 2.45) is 0 Å². The number of fused-ring (bicyclic) bond motifs is 1. The van der Waals surface area contributed by atoms with Crippen molar-refractivity contribution in [2.75, 3.05) is 26.2 Å². The summed E-state index contributed by atoms with van der Waals surface area (Å²) in [6.07, 6.45) is 6.52. The molecule has 1 saturated heterocycles. The van der Waals surface area contributed by atoms with Crippen molar-refractivity contribution in [3.8, 4) is 16.9 Å². The van der Waals surface area contributed by atoms with Crippen molar-refractivity contribution in [2.45, 2.75) is 31.8 Å². The number of pyridine rings is 1. The first-order valence-corrected chi connectivity index (χ1v) is 12.5. The van der Waals surface area contributed by atoms with E-state index in [9.17, 15) is 9.18 Å². The molecule has 5 rings (SSSR count). The van der Waals surface area contributed by atoms with Crippen LogP contribution in [0.15, 0.2) is 82.3 Å². The van der Waals surface area contributed by atoms with Crippen LogP contribution in [0.5, 0.6) is 5.75 Å². The number of halogens is 1. The largest absolute Gasteiger partial charge is 0.492 e. The Bertz CT molecular complexity index is 1350. The maximum absolute atomic E-state index is 13.3. The molecule has 1 aliphatic heterocycles. The van der Waals surface area contributed by atoms with E-state index < -0.39 is 5.63 Å². The summed E-state index contributed by atoms with van der Waals surface area (Å²) in [7, 11) is 0. The van der Waals surface area contributed by atoms with Crippen molar-refractivity contribution in [1.82, 2.24) is 15.2 Å². The third-order valence-corrected chi connectivity index (χ3v) is 6.65. The number of piperidine rings is 1. The van der Waals surface area contributed by atoms with Crippen LogP contribution in [0.25, 0.3) is 22.1 Å². The zero-order chi connectivity index (χ0) is 24.7. The van der Waals surface area contributed by atoms with Gasteiger partial charge in [0.15, 0.2) is 0 Å². The summed E-state index contributed by atoms with van der Waals surface area (Å²) in [4.78, 5) is 18.7. The fraction of sp³-hybridized carbons (Fsp3) is 0.310. The van der Waals surface area contributed by atoms with Crippen LogP contribution in [0.1, 0.15) is 24.8 Å². The number of hydrogen-bond donors (Lipinski definition) is 1. The van der Waals surface area contributed by atoms with E-state index in [-0.39, 0.29) is 5.82 Å². The van der Waals surface area contributed by atoms with Crippen LogP contribution < -0.4 is 15.7 Å². The number of ether oxygens (including phenoxy) is 1.